The lowest BCUT2D eigenvalue weighted by molar-refractivity contribution is -0.134. The molecule has 0 aromatic carbocycles. The topological polar surface area (TPSA) is 83.3 Å². The van der Waals surface area contributed by atoms with Crippen LogP contribution in [0.5, 0.6) is 0 Å². The van der Waals surface area contributed by atoms with E-state index < -0.39 is 5.60 Å². The molecule has 0 amide bonds. The SMILES string of the molecule is [C-]#[N+]c1cc(C#N)nn1CC(=O)[C@H]1C[C@@H](C2CCC2)[C@H]2[C@@H]3CC[C@@H]4C[C@](C)(O)CC[C@@H]4[C@H]3CC[C@@]21C. The van der Waals surface area contributed by atoms with Gasteiger partial charge in [0.25, 0.3) is 5.82 Å². The van der Waals surface area contributed by atoms with Gasteiger partial charge in [0, 0.05) is 12.0 Å². The zero-order valence-electron chi connectivity index (χ0n) is 21.8. The molecule has 6 heteroatoms. The number of carbonyl (C=O) groups is 1. The first kappa shape index (κ1) is 24.2. The van der Waals surface area contributed by atoms with Crippen LogP contribution in [0.2, 0.25) is 0 Å². The Morgan fingerprint density at radius 2 is 1.92 bits per heavy atom. The molecule has 0 aliphatic heterocycles. The summed E-state index contributed by atoms with van der Waals surface area (Å²) < 4.78 is 1.47. The van der Waals surface area contributed by atoms with Gasteiger partial charge in [-0.25, -0.2) is 0 Å². The van der Waals surface area contributed by atoms with E-state index in [2.05, 4.69) is 16.9 Å². The van der Waals surface area contributed by atoms with Crippen molar-refractivity contribution >= 4 is 11.6 Å². The second kappa shape index (κ2) is 8.70. The third-order valence-corrected chi connectivity index (χ3v) is 11.7. The van der Waals surface area contributed by atoms with Crippen LogP contribution >= 0.6 is 0 Å². The van der Waals surface area contributed by atoms with E-state index in [9.17, 15) is 15.2 Å². The number of carbonyl (C=O) groups excluding carboxylic acids is 1. The van der Waals surface area contributed by atoms with Gasteiger partial charge in [0.1, 0.15) is 6.07 Å². The normalized spacial score (nSPS) is 43.9. The zero-order valence-corrected chi connectivity index (χ0v) is 21.8. The Balaban J connectivity index is 1.28. The highest BCUT2D eigenvalue weighted by molar-refractivity contribution is 5.82. The van der Waals surface area contributed by atoms with Crippen LogP contribution in [0.4, 0.5) is 5.82 Å². The monoisotopic (exact) mass is 488 g/mol. The van der Waals surface area contributed by atoms with Crippen LogP contribution in [0.1, 0.15) is 90.2 Å². The number of nitriles is 1. The van der Waals surface area contributed by atoms with Gasteiger partial charge in [0.05, 0.1) is 5.60 Å². The summed E-state index contributed by atoms with van der Waals surface area (Å²) in [5, 5.41) is 24.2. The van der Waals surface area contributed by atoms with Crippen molar-refractivity contribution in [2.24, 2.45) is 52.8 Å². The molecule has 1 N–H and O–H groups in total. The second-order valence-corrected chi connectivity index (χ2v) is 13.5. The number of fused-ring (bicyclic) bond motifs is 5. The van der Waals surface area contributed by atoms with Crippen molar-refractivity contribution in [2.45, 2.75) is 96.6 Å². The summed E-state index contributed by atoms with van der Waals surface area (Å²) in [4.78, 5) is 17.4. The van der Waals surface area contributed by atoms with Gasteiger partial charge in [-0.2, -0.15) is 9.94 Å². The Kier molecular flexibility index (Phi) is 5.84. The summed E-state index contributed by atoms with van der Waals surface area (Å²) in [5.74, 6) is 5.43. The largest absolute Gasteiger partial charge is 0.390 e. The summed E-state index contributed by atoms with van der Waals surface area (Å²) in [6.45, 7) is 12.0. The first-order chi connectivity index (χ1) is 17.2. The van der Waals surface area contributed by atoms with E-state index in [1.165, 1.54) is 55.7 Å². The average Bonchev–Trinajstić information content (AvgIpc) is 3.35. The molecular formula is C30H40N4O2. The van der Waals surface area contributed by atoms with Crippen molar-refractivity contribution in [1.82, 2.24) is 9.78 Å². The number of aliphatic hydroxyl groups is 1. The molecule has 0 bridgehead atoms. The smallest absolute Gasteiger partial charge is 0.253 e. The van der Waals surface area contributed by atoms with Gasteiger partial charge >= 0.3 is 0 Å². The fraction of sp³-hybridized carbons (Fsp3) is 0.800. The average molecular weight is 489 g/mol. The number of rotatable bonds is 4. The lowest BCUT2D eigenvalue weighted by Crippen LogP contribution is -2.52. The number of aromatic nitrogens is 2. The summed E-state index contributed by atoms with van der Waals surface area (Å²) >= 11 is 0. The molecule has 6 nitrogen and oxygen atoms in total. The predicted octanol–water partition coefficient (Wildman–Crippen LogP) is 5.92. The molecule has 5 fully saturated rings. The van der Waals surface area contributed by atoms with Crippen LogP contribution in [0.15, 0.2) is 6.07 Å². The number of hydrogen-bond acceptors (Lipinski definition) is 4. The Bertz CT molecular complexity index is 1120. The molecule has 5 saturated carbocycles. The Morgan fingerprint density at radius 1 is 1.14 bits per heavy atom. The fourth-order valence-electron chi connectivity index (χ4n) is 10.0. The van der Waals surface area contributed by atoms with Crippen LogP contribution < -0.4 is 0 Å². The third kappa shape index (κ3) is 3.75. The van der Waals surface area contributed by atoms with Crippen molar-refractivity contribution in [3.63, 3.8) is 0 Å². The van der Waals surface area contributed by atoms with Gasteiger partial charge < -0.3 is 9.95 Å². The van der Waals surface area contributed by atoms with Gasteiger partial charge in [-0.15, -0.1) is 0 Å². The maximum atomic E-state index is 13.9. The van der Waals surface area contributed by atoms with E-state index in [0.717, 1.165) is 43.4 Å². The van der Waals surface area contributed by atoms with Crippen LogP contribution in [0, 0.1) is 70.7 Å². The quantitative estimate of drug-likeness (QED) is 0.533. The fourth-order valence-corrected chi connectivity index (χ4v) is 10.0. The molecule has 0 spiro atoms. The molecule has 36 heavy (non-hydrogen) atoms. The van der Waals surface area contributed by atoms with E-state index in [1.807, 2.05) is 13.0 Å². The molecule has 0 saturated heterocycles. The van der Waals surface area contributed by atoms with Crippen LogP contribution in [-0.2, 0) is 11.3 Å². The molecule has 0 radical (unpaired) electrons. The molecule has 9 atom stereocenters. The molecule has 5 aliphatic carbocycles. The number of hydrogen-bond donors (Lipinski definition) is 1. The van der Waals surface area contributed by atoms with Crippen molar-refractivity contribution in [3.8, 4) is 6.07 Å². The summed E-state index contributed by atoms with van der Waals surface area (Å²) in [7, 11) is 0. The van der Waals surface area contributed by atoms with Crippen molar-refractivity contribution in [2.75, 3.05) is 0 Å². The van der Waals surface area contributed by atoms with Gasteiger partial charge in [-0.05, 0) is 105 Å². The van der Waals surface area contributed by atoms with Gasteiger partial charge in [-0.1, -0.05) is 37.9 Å². The van der Waals surface area contributed by atoms with Crippen molar-refractivity contribution in [1.29, 1.82) is 5.26 Å². The number of nitrogens with zero attached hydrogens (tertiary/aromatic N) is 4. The van der Waals surface area contributed by atoms with Crippen molar-refractivity contribution < 1.29 is 9.90 Å². The number of Topliss-reactive ketones (excluding diaryl/α,β-unsaturated/α-hetero) is 1. The van der Waals surface area contributed by atoms with Gasteiger partial charge in [0.15, 0.2) is 18.0 Å². The maximum absolute atomic E-state index is 13.9. The highest BCUT2D eigenvalue weighted by atomic mass is 16.3. The lowest BCUT2D eigenvalue weighted by Gasteiger charge is -2.58. The minimum Gasteiger partial charge on any atom is -0.390 e. The summed E-state index contributed by atoms with van der Waals surface area (Å²) in [6.07, 6.45) is 12.9. The van der Waals surface area contributed by atoms with Crippen LogP contribution in [0.25, 0.3) is 4.85 Å². The Labute approximate surface area is 215 Å². The van der Waals surface area contributed by atoms with E-state index in [-0.39, 0.29) is 35.2 Å². The molecule has 6 rings (SSSR count). The van der Waals surface area contributed by atoms with Crippen molar-refractivity contribution in [3.05, 3.63) is 23.2 Å². The zero-order chi connectivity index (χ0) is 25.2. The van der Waals surface area contributed by atoms with E-state index in [1.54, 1.807) is 0 Å². The molecule has 5 aliphatic rings. The molecule has 1 aromatic heterocycles. The maximum Gasteiger partial charge on any atom is 0.253 e. The van der Waals surface area contributed by atoms with Gasteiger partial charge in [-0.3, -0.25) is 4.79 Å². The Hall–Kier alpha value is -2.18. The Morgan fingerprint density at radius 3 is 2.61 bits per heavy atom. The highest BCUT2D eigenvalue weighted by Gasteiger charge is 2.63. The second-order valence-electron chi connectivity index (χ2n) is 13.5. The summed E-state index contributed by atoms with van der Waals surface area (Å²) in [5.41, 5.74) is -0.256. The first-order valence-electron chi connectivity index (χ1n) is 14.3. The van der Waals surface area contributed by atoms with Crippen LogP contribution in [0.3, 0.4) is 0 Å². The number of ketones is 1. The lowest BCUT2D eigenvalue weighted by atomic mass is 9.47. The van der Waals surface area contributed by atoms with Gasteiger partial charge in [0.2, 0.25) is 0 Å². The highest BCUT2D eigenvalue weighted by Crippen LogP contribution is 2.68. The molecule has 1 aromatic rings. The van der Waals surface area contributed by atoms with E-state index in [4.69, 9.17) is 6.57 Å². The van der Waals surface area contributed by atoms with E-state index in [0.29, 0.717) is 23.7 Å². The summed E-state index contributed by atoms with van der Waals surface area (Å²) in [6, 6.07) is 3.50. The minimum atomic E-state index is -0.487. The first-order valence-corrected chi connectivity index (χ1v) is 14.3. The third-order valence-electron chi connectivity index (χ3n) is 11.7. The van der Waals surface area contributed by atoms with Crippen LogP contribution in [-0.4, -0.2) is 26.3 Å². The molecular weight excluding hydrogens is 448 g/mol. The minimum absolute atomic E-state index is 0.0205. The molecule has 1 heterocycles. The molecule has 192 valence electrons. The molecule has 0 unspecified atom stereocenters. The predicted molar refractivity (Wildman–Crippen MR) is 136 cm³/mol. The van der Waals surface area contributed by atoms with E-state index >= 15 is 0 Å². The standard InChI is InChI=1S/C30H40N4O2/c1-29(36)11-9-21-19(15-29)7-8-23-22(21)10-12-30(2)25(14-24(28(23)30)18-5-4-6-18)26(35)17-34-27(32-3)13-20(16-31)33-34/h13,18-19,21-25,28,36H,4-12,14-15,17H2,1-2H3/t19-,21+,22-,23-,24+,25-,28-,29-,30-/m1/s1.